The zero-order chi connectivity index (χ0) is 56.5. The van der Waals surface area contributed by atoms with Crippen LogP contribution in [-0.2, 0) is 33.3 Å². The van der Waals surface area contributed by atoms with Crippen molar-refractivity contribution in [1.29, 1.82) is 0 Å². The normalized spacial score (nSPS) is 12.1. The van der Waals surface area contributed by atoms with E-state index in [9.17, 15) is 19.2 Å². The Balaban J connectivity index is 1.57. The lowest BCUT2D eigenvalue weighted by molar-refractivity contribution is -0.122. The van der Waals surface area contributed by atoms with Crippen molar-refractivity contribution in [2.24, 2.45) is 17.2 Å². The summed E-state index contributed by atoms with van der Waals surface area (Å²) >= 11 is 0. The summed E-state index contributed by atoms with van der Waals surface area (Å²) in [6, 6.07) is 16.2. The van der Waals surface area contributed by atoms with Gasteiger partial charge in [0.05, 0.1) is 39.6 Å². The van der Waals surface area contributed by atoms with Crippen molar-refractivity contribution in [2.75, 3.05) is 164 Å². The second-order valence-electron chi connectivity index (χ2n) is 20.3. The zero-order valence-corrected chi connectivity index (χ0v) is 48.0. The Labute approximate surface area is 473 Å². The number of nitrogens with two attached hydrogens (primary N) is 3. The Hall–Kier alpha value is -4.36. The van der Waals surface area contributed by atoms with Gasteiger partial charge in [0, 0.05) is 44.8 Å². The first-order chi connectivity index (χ1) is 38.8. The van der Waals surface area contributed by atoms with E-state index in [-0.39, 0.29) is 89.2 Å². The van der Waals surface area contributed by atoms with E-state index in [1.165, 1.54) is 0 Å². The molecule has 0 bridgehead atoms. The molecule has 0 radical (unpaired) electrons. The van der Waals surface area contributed by atoms with E-state index >= 15 is 0 Å². The number of rotatable bonds is 54. The lowest BCUT2D eigenvalue weighted by Gasteiger charge is -2.34. The Kier molecular flexibility index (Phi) is 41.3. The van der Waals surface area contributed by atoms with Crippen LogP contribution >= 0.6 is 0 Å². The number of fused-ring (bicyclic) bond motifs is 3. The zero-order valence-electron chi connectivity index (χ0n) is 48.0. The van der Waals surface area contributed by atoms with E-state index in [1.54, 1.807) is 0 Å². The number of nitrogens with one attached hydrogen (secondary N) is 10. The van der Waals surface area contributed by atoms with Crippen LogP contribution in [0.15, 0.2) is 48.5 Å². The van der Waals surface area contributed by atoms with Crippen molar-refractivity contribution in [2.45, 2.75) is 108 Å². The highest BCUT2D eigenvalue weighted by Gasteiger charge is 2.36. The molecule has 0 aromatic heterocycles. The first-order valence-electron chi connectivity index (χ1n) is 29.8. The molecule has 1 aliphatic rings. The van der Waals surface area contributed by atoms with Gasteiger partial charge in [0.25, 0.3) is 0 Å². The highest BCUT2D eigenvalue weighted by molar-refractivity contribution is 5.79. The van der Waals surface area contributed by atoms with E-state index in [2.05, 4.69) is 77.4 Å². The molecular weight excluding hydrogens is 1010 g/mol. The third-order valence-electron chi connectivity index (χ3n) is 13.4. The molecule has 0 saturated carbocycles. The second-order valence-corrected chi connectivity index (χ2v) is 20.3. The molecule has 0 aliphatic heterocycles. The largest absolute Gasteiger partial charge is 0.449 e. The van der Waals surface area contributed by atoms with Crippen LogP contribution in [0.4, 0.5) is 4.79 Å². The Morgan fingerprint density at radius 2 is 0.709 bits per heavy atom. The van der Waals surface area contributed by atoms with Gasteiger partial charge >= 0.3 is 6.09 Å². The summed E-state index contributed by atoms with van der Waals surface area (Å²) in [6.07, 6.45) is 11.4. The summed E-state index contributed by atoms with van der Waals surface area (Å²) in [5.74, 6) is -0.635. The molecule has 2 aromatic carbocycles. The van der Waals surface area contributed by atoms with Gasteiger partial charge in [0.15, 0.2) is 0 Å². The van der Waals surface area contributed by atoms with Gasteiger partial charge in [0.2, 0.25) is 17.7 Å². The van der Waals surface area contributed by atoms with Gasteiger partial charge in [-0.15, -0.1) is 0 Å². The topological polar surface area (TPSA) is 304 Å². The van der Waals surface area contributed by atoms with Gasteiger partial charge in [-0.3, -0.25) is 14.4 Å². The standard InChI is InChI=1S/C58H105N13O8/c59-24-11-33-62-27-5-8-30-65-36-14-39-68-54(72)21-42-76-46-58(47-77-43-22-55(73)69-40-15-37-66-31-9-6-28-63-34-12-25-60,48-78-44-23-56(74)70-41-16-38-67-32-10-7-29-64-35-13-26-61)71-57(75)79-45-53-51-19-3-1-17-49(51)50-18-2-4-20-52(50)53/h1-4,17-20,53,62-67H,5-16,21-48,59-61H2,(H,68,72)(H,69,73)(H,70,74)(H,71,75). The van der Waals surface area contributed by atoms with Crippen molar-refractivity contribution < 1.29 is 38.1 Å². The minimum atomic E-state index is -1.32. The van der Waals surface area contributed by atoms with Crippen LogP contribution in [0, 0.1) is 0 Å². The number of hydrogen-bond donors (Lipinski definition) is 13. The molecular formula is C58H105N13O8. The monoisotopic (exact) mass is 1110 g/mol. The smallest absolute Gasteiger partial charge is 0.407 e. The highest BCUT2D eigenvalue weighted by Crippen LogP contribution is 2.44. The lowest BCUT2D eigenvalue weighted by Crippen LogP contribution is -2.59. The first-order valence-corrected chi connectivity index (χ1v) is 29.8. The van der Waals surface area contributed by atoms with Gasteiger partial charge in [-0.2, -0.15) is 0 Å². The molecule has 79 heavy (non-hydrogen) atoms. The van der Waals surface area contributed by atoms with Crippen LogP contribution in [0.5, 0.6) is 0 Å². The fourth-order valence-electron chi connectivity index (χ4n) is 8.90. The number of carbonyl (C=O) groups is 4. The van der Waals surface area contributed by atoms with Gasteiger partial charge < -0.3 is 89.3 Å². The third kappa shape index (κ3) is 33.9. The molecule has 3 rings (SSSR count). The second kappa shape index (κ2) is 47.3. The average molecular weight is 1110 g/mol. The minimum absolute atomic E-state index is 0.0604. The molecule has 0 saturated heterocycles. The molecule has 2 aromatic rings. The van der Waals surface area contributed by atoms with Crippen molar-refractivity contribution >= 4 is 23.8 Å². The quantitative estimate of drug-likeness (QED) is 0.0421. The van der Waals surface area contributed by atoms with E-state index in [0.717, 1.165) is 178 Å². The molecule has 4 amide bonds. The van der Waals surface area contributed by atoms with Crippen LogP contribution in [-0.4, -0.2) is 193 Å². The van der Waals surface area contributed by atoms with Gasteiger partial charge in [0.1, 0.15) is 12.1 Å². The van der Waals surface area contributed by atoms with E-state index < -0.39 is 11.6 Å². The number of unbranched alkanes of at least 4 members (excludes halogenated alkanes) is 3. The first kappa shape index (κ1) is 68.9. The minimum Gasteiger partial charge on any atom is -0.449 e. The number of carbonyl (C=O) groups excluding carboxylic acids is 4. The number of ether oxygens (including phenoxy) is 4. The lowest BCUT2D eigenvalue weighted by atomic mass is 9.98. The molecule has 0 spiro atoms. The molecule has 0 fully saturated rings. The van der Waals surface area contributed by atoms with Crippen LogP contribution in [0.1, 0.15) is 113 Å². The molecule has 450 valence electrons. The van der Waals surface area contributed by atoms with Gasteiger partial charge in [-0.1, -0.05) is 48.5 Å². The molecule has 16 N–H and O–H groups in total. The van der Waals surface area contributed by atoms with E-state index in [0.29, 0.717) is 39.3 Å². The predicted molar refractivity (Wildman–Crippen MR) is 316 cm³/mol. The molecule has 21 nitrogen and oxygen atoms in total. The molecule has 0 unspecified atom stereocenters. The maximum Gasteiger partial charge on any atom is 0.407 e. The summed E-state index contributed by atoms with van der Waals surface area (Å²) in [5.41, 5.74) is 19.7. The van der Waals surface area contributed by atoms with Gasteiger partial charge in [-0.25, -0.2) is 4.79 Å². The van der Waals surface area contributed by atoms with Crippen LogP contribution < -0.4 is 70.4 Å². The maximum absolute atomic E-state index is 14.0. The number of hydrogen-bond acceptors (Lipinski definition) is 17. The molecule has 0 heterocycles. The Morgan fingerprint density at radius 3 is 1.04 bits per heavy atom. The summed E-state index contributed by atoms with van der Waals surface area (Å²) in [5, 5.41) is 32.4. The van der Waals surface area contributed by atoms with Crippen molar-refractivity contribution in [3.05, 3.63) is 59.7 Å². The summed E-state index contributed by atoms with van der Waals surface area (Å²) in [4.78, 5) is 52.7. The number of amides is 4. The van der Waals surface area contributed by atoms with Crippen LogP contribution in [0.3, 0.4) is 0 Å². The SMILES string of the molecule is NCCCNCCCCNCCCNC(=O)CCOCC(COCCC(=O)NCCCNCCCCNCCCN)(COCCC(=O)NCCCNCCCCNCCCN)NC(=O)OCC1c2ccccc2-c2ccccc21. The third-order valence-corrected chi connectivity index (χ3v) is 13.4. The highest BCUT2D eigenvalue weighted by atomic mass is 16.6. The Morgan fingerprint density at radius 1 is 0.405 bits per heavy atom. The molecule has 1 aliphatic carbocycles. The number of alkyl carbamates (subject to hydrolysis) is 1. The predicted octanol–water partition coefficient (Wildman–Crippen LogP) is 1.93. The van der Waals surface area contributed by atoms with Crippen molar-refractivity contribution in [1.82, 2.24) is 53.2 Å². The molecule has 21 heteroatoms. The summed E-state index contributed by atoms with van der Waals surface area (Å²) < 4.78 is 24.5. The van der Waals surface area contributed by atoms with Crippen LogP contribution in [0.2, 0.25) is 0 Å². The van der Waals surface area contributed by atoms with E-state index in [4.69, 9.17) is 36.1 Å². The average Bonchev–Trinajstić information content (AvgIpc) is 3.99. The number of benzene rings is 2. The molecule has 0 atom stereocenters. The maximum atomic E-state index is 14.0. The van der Waals surface area contributed by atoms with E-state index in [1.807, 2.05) is 24.3 Å². The van der Waals surface area contributed by atoms with Crippen molar-refractivity contribution in [3.63, 3.8) is 0 Å². The fraction of sp³-hybridized carbons (Fsp3) is 0.724. The fourth-order valence-corrected chi connectivity index (χ4v) is 8.90. The Bertz CT molecular complexity index is 1710. The van der Waals surface area contributed by atoms with Crippen molar-refractivity contribution in [3.8, 4) is 11.1 Å². The van der Waals surface area contributed by atoms with Gasteiger partial charge in [-0.05, 0) is 197 Å². The summed E-state index contributed by atoms with van der Waals surface area (Å²) in [6.45, 7) is 14.6. The van der Waals surface area contributed by atoms with Crippen LogP contribution in [0.25, 0.3) is 11.1 Å². The summed E-state index contributed by atoms with van der Waals surface area (Å²) in [7, 11) is 0.